The third-order valence-electron chi connectivity index (χ3n) is 14.7. The summed E-state index contributed by atoms with van der Waals surface area (Å²) in [5.41, 5.74) is 0. The molecule has 0 fully saturated rings. The van der Waals surface area contributed by atoms with Gasteiger partial charge in [0.05, 0.1) is 0 Å². The first-order chi connectivity index (χ1) is 37.5. The van der Waals surface area contributed by atoms with Crippen molar-refractivity contribution in [3.63, 3.8) is 0 Å². The Bertz CT molecular complexity index is 1360. The molecule has 0 bridgehead atoms. The smallest absolute Gasteiger partial charge is 0.306 e. The number of esters is 3. The van der Waals surface area contributed by atoms with E-state index in [4.69, 9.17) is 14.2 Å². The number of ether oxygens (including phenoxy) is 3. The Morgan fingerprint density at radius 3 is 0.855 bits per heavy atom. The lowest BCUT2D eigenvalue weighted by molar-refractivity contribution is -0.167. The molecule has 0 rings (SSSR count). The van der Waals surface area contributed by atoms with Crippen LogP contribution in [0.4, 0.5) is 0 Å². The second-order valence-corrected chi connectivity index (χ2v) is 22.3. The summed E-state index contributed by atoms with van der Waals surface area (Å²) in [4.78, 5) is 38.2. The summed E-state index contributed by atoms with van der Waals surface area (Å²) in [7, 11) is 0. The van der Waals surface area contributed by atoms with Gasteiger partial charge in [0.25, 0.3) is 0 Å². The van der Waals surface area contributed by atoms with E-state index in [1.807, 2.05) is 0 Å². The Labute approximate surface area is 472 Å². The predicted octanol–water partition coefficient (Wildman–Crippen LogP) is 22.7. The van der Waals surface area contributed by atoms with Gasteiger partial charge in [-0.25, -0.2) is 0 Å². The lowest BCUT2D eigenvalue weighted by Gasteiger charge is -2.18. The maximum Gasteiger partial charge on any atom is 0.306 e. The maximum absolute atomic E-state index is 12.8. The summed E-state index contributed by atoms with van der Waals surface area (Å²) in [6, 6.07) is 0. The van der Waals surface area contributed by atoms with Crippen LogP contribution in [0.2, 0.25) is 0 Å². The van der Waals surface area contributed by atoms with Gasteiger partial charge in [0, 0.05) is 19.3 Å². The molecule has 0 amide bonds. The molecule has 76 heavy (non-hydrogen) atoms. The van der Waals surface area contributed by atoms with Crippen molar-refractivity contribution >= 4 is 17.9 Å². The molecule has 0 aliphatic heterocycles. The van der Waals surface area contributed by atoms with Crippen LogP contribution in [0.25, 0.3) is 0 Å². The van der Waals surface area contributed by atoms with Crippen LogP contribution in [0.3, 0.4) is 0 Å². The van der Waals surface area contributed by atoms with E-state index in [0.717, 1.165) is 89.9 Å². The van der Waals surface area contributed by atoms with E-state index in [1.54, 1.807) is 0 Å². The molecule has 6 nitrogen and oxygen atoms in total. The third-order valence-corrected chi connectivity index (χ3v) is 14.7. The van der Waals surface area contributed by atoms with Crippen molar-refractivity contribution in [1.29, 1.82) is 0 Å². The van der Waals surface area contributed by atoms with E-state index in [0.29, 0.717) is 19.3 Å². The van der Waals surface area contributed by atoms with Gasteiger partial charge in [-0.2, -0.15) is 0 Å². The van der Waals surface area contributed by atoms with Crippen molar-refractivity contribution in [2.45, 2.75) is 354 Å². The highest BCUT2D eigenvalue weighted by Crippen LogP contribution is 2.17. The zero-order chi connectivity index (χ0) is 55.0. The molecule has 0 heterocycles. The maximum atomic E-state index is 12.8. The average molecular weight is 1060 g/mol. The molecule has 0 aromatic rings. The number of rotatable bonds is 61. The van der Waals surface area contributed by atoms with E-state index >= 15 is 0 Å². The normalized spacial score (nSPS) is 12.4. The van der Waals surface area contributed by atoms with Crippen molar-refractivity contribution in [3.05, 3.63) is 60.8 Å². The SMILES string of the molecule is CC/C=C\C/C=C\C/C=C\CCCCCC(=O)OC(COC(=O)CCCCCCC/C=C\CCCCC)COC(=O)CCCCCCCCCCCCCCCCCCCCCCC/C=C\CCCCCCCCCC. The summed E-state index contributed by atoms with van der Waals surface area (Å²) in [5, 5.41) is 0. The van der Waals surface area contributed by atoms with Crippen LogP contribution in [0.1, 0.15) is 348 Å². The number of hydrogen-bond acceptors (Lipinski definition) is 6. The molecule has 0 spiro atoms. The molecular weight excluding hydrogens is 937 g/mol. The molecule has 0 aromatic carbocycles. The van der Waals surface area contributed by atoms with Crippen LogP contribution < -0.4 is 0 Å². The Hall–Kier alpha value is -2.89. The lowest BCUT2D eigenvalue weighted by atomic mass is 10.0. The fourth-order valence-electron chi connectivity index (χ4n) is 9.74. The van der Waals surface area contributed by atoms with Crippen LogP contribution in [0.5, 0.6) is 0 Å². The zero-order valence-corrected chi connectivity index (χ0v) is 50.8. The number of allylic oxidation sites excluding steroid dienone is 10. The van der Waals surface area contributed by atoms with Gasteiger partial charge >= 0.3 is 17.9 Å². The molecule has 1 atom stereocenters. The van der Waals surface area contributed by atoms with E-state index in [1.165, 1.54) is 218 Å². The minimum absolute atomic E-state index is 0.0860. The van der Waals surface area contributed by atoms with Gasteiger partial charge in [-0.15, -0.1) is 0 Å². The highest BCUT2D eigenvalue weighted by molar-refractivity contribution is 5.71. The van der Waals surface area contributed by atoms with Gasteiger partial charge in [0.15, 0.2) is 6.10 Å². The third kappa shape index (κ3) is 62.0. The largest absolute Gasteiger partial charge is 0.462 e. The van der Waals surface area contributed by atoms with Gasteiger partial charge in [-0.3, -0.25) is 14.4 Å². The minimum atomic E-state index is -0.791. The minimum Gasteiger partial charge on any atom is -0.462 e. The first-order valence-electron chi connectivity index (χ1n) is 33.3. The Morgan fingerprint density at radius 2 is 0.513 bits per heavy atom. The summed E-state index contributed by atoms with van der Waals surface area (Å²) < 4.78 is 16.9. The lowest BCUT2D eigenvalue weighted by Crippen LogP contribution is -2.30. The standard InChI is InChI=1S/C70H126O6/c1-4-7-10-13-16-19-22-25-26-27-28-29-30-31-32-33-34-35-36-37-38-39-40-41-42-43-44-46-48-51-54-57-60-63-69(72)75-66-67(65-74-68(71)62-59-56-53-50-47-24-21-18-15-12-9-6-3)76-70(73)64-61-58-55-52-49-45-23-20-17-14-11-8-5-2/h8,11,17-18,20-21,27-28,45,49,67H,4-7,9-10,12-16,19,22-26,29-44,46-48,50-66H2,1-3H3/b11-8-,20-17-,21-18-,28-27-,49-45-. The fourth-order valence-corrected chi connectivity index (χ4v) is 9.74. The molecule has 0 aliphatic carbocycles. The highest BCUT2D eigenvalue weighted by Gasteiger charge is 2.19. The van der Waals surface area contributed by atoms with Crippen molar-refractivity contribution in [3.8, 4) is 0 Å². The van der Waals surface area contributed by atoms with Crippen LogP contribution in [0, 0.1) is 0 Å². The van der Waals surface area contributed by atoms with Crippen LogP contribution in [0.15, 0.2) is 60.8 Å². The van der Waals surface area contributed by atoms with Crippen LogP contribution >= 0.6 is 0 Å². The Balaban J connectivity index is 4.06. The van der Waals surface area contributed by atoms with Gasteiger partial charge in [0.1, 0.15) is 13.2 Å². The van der Waals surface area contributed by atoms with Crippen molar-refractivity contribution in [2.24, 2.45) is 0 Å². The van der Waals surface area contributed by atoms with Crippen LogP contribution in [-0.4, -0.2) is 37.2 Å². The molecule has 6 heteroatoms. The Morgan fingerprint density at radius 1 is 0.276 bits per heavy atom. The van der Waals surface area contributed by atoms with Crippen LogP contribution in [-0.2, 0) is 28.6 Å². The molecular formula is C70H126O6. The number of unbranched alkanes of at least 4 members (excludes halogenated alkanes) is 40. The summed E-state index contributed by atoms with van der Waals surface area (Å²) >= 11 is 0. The van der Waals surface area contributed by atoms with Gasteiger partial charge < -0.3 is 14.2 Å². The van der Waals surface area contributed by atoms with Crippen molar-refractivity contribution < 1.29 is 28.6 Å². The van der Waals surface area contributed by atoms with E-state index in [9.17, 15) is 14.4 Å². The molecule has 0 N–H and O–H groups in total. The highest BCUT2D eigenvalue weighted by atomic mass is 16.6. The summed E-state index contributed by atoms with van der Waals surface area (Å²) in [6.45, 7) is 6.50. The zero-order valence-electron chi connectivity index (χ0n) is 50.8. The molecule has 0 aliphatic rings. The van der Waals surface area contributed by atoms with E-state index in [2.05, 4.69) is 81.5 Å². The number of carbonyl (C=O) groups excluding carboxylic acids is 3. The first-order valence-corrected chi connectivity index (χ1v) is 33.3. The molecule has 442 valence electrons. The second kappa shape index (κ2) is 64.6. The molecule has 0 aromatic heterocycles. The topological polar surface area (TPSA) is 78.9 Å². The van der Waals surface area contributed by atoms with Gasteiger partial charge in [-0.05, 0) is 103 Å². The van der Waals surface area contributed by atoms with Crippen molar-refractivity contribution in [2.75, 3.05) is 13.2 Å². The van der Waals surface area contributed by atoms with E-state index in [-0.39, 0.29) is 31.1 Å². The molecule has 0 radical (unpaired) electrons. The number of carbonyl (C=O) groups is 3. The molecule has 0 saturated carbocycles. The van der Waals surface area contributed by atoms with Gasteiger partial charge in [0.2, 0.25) is 0 Å². The monoisotopic (exact) mass is 1060 g/mol. The number of hydrogen-bond donors (Lipinski definition) is 0. The quantitative estimate of drug-likeness (QED) is 0.0261. The summed E-state index contributed by atoms with van der Waals surface area (Å²) in [5.74, 6) is -0.911. The Kier molecular flexibility index (Phi) is 62.2. The van der Waals surface area contributed by atoms with Crippen molar-refractivity contribution in [1.82, 2.24) is 0 Å². The molecule has 0 saturated heterocycles. The second-order valence-electron chi connectivity index (χ2n) is 22.3. The van der Waals surface area contributed by atoms with E-state index < -0.39 is 6.10 Å². The fraction of sp³-hybridized carbons (Fsp3) is 0.814. The first kappa shape index (κ1) is 73.1. The van der Waals surface area contributed by atoms with Gasteiger partial charge in [-0.1, -0.05) is 287 Å². The predicted molar refractivity (Wildman–Crippen MR) is 330 cm³/mol. The average Bonchev–Trinajstić information content (AvgIpc) is 3.42. The molecule has 1 unspecified atom stereocenters. The summed E-state index contributed by atoms with van der Waals surface area (Å²) in [6.07, 6.45) is 82.7.